The number of rotatable bonds is 4. The summed E-state index contributed by atoms with van der Waals surface area (Å²) in [5.74, 6) is 2.55. The molecular formula is C17H24N6O2. The summed E-state index contributed by atoms with van der Waals surface area (Å²) in [5, 5.41) is 19.0. The van der Waals surface area contributed by atoms with E-state index >= 15 is 0 Å². The molecule has 0 aliphatic carbocycles. The molecule has 0 bridgehead atoms. The third-order valence-electron chi connectivity index (χ3n) is 4.31. The van der Waals surface area contributed by atoms with E-state index in [2.05, 4.69) is 36.7 Å². The van der Waals surface area contributed by atoms with Crippen LogP contribution in [0, 0.1) is 6.92 Å². The zero-order valence-corrected chi connectivity index (χ0v) is 14.8. The lowest BCUT2D eigenvalue weighted by atomic mass is 10.2. The van der Waals surface area contributed by atoms with Gasteiger partial charge in [-0.15, -0.1) is 0 Å². The van der Waals surface area contributed by atoms with Gasteiger partial charge in [-0.05, 0) is 26.8 Å². The minimum absolute atomic E-state index is 0.161. The average molecular weight is 344 g/mol. The number of nitrogens with zero attached hydrogens (tertiary/aromatic N) is 6. The Balaban J connectivity index is 1.77. The molecule has 2 unspecified atom stereocenters. The number of piperazine rings is 1. The first-order valence-electron chi connectivity index (χ1n) is 8.46. The normalized spacial score (nSPS) is 19.2. The van der Waals surface area contributed by atoms with Crippen molar-refractivity contribution in [2.45, 2.75) is 39.5 Å². The fraction of sp³-hybridized carbons (Fsp3) is 0.529. The van der Waals surface area contributed by atoms with Crippen LogP contribution in [0.4, 0.5) is 11.6 Å². The molecule has 0 aromatic carbocycles. The third-order valence-corrected chi connectivity index (χ3v) is 4.31. The second-order valence-corrected chi connectivity index (χ2v) is 6.38. The fourth-order valence-corrected chi connectivity index (χ4v) is 3.08. The minimum atomic E-state index is -0.681. The Hall–Kier alpha value is -2.32. The summed E-state index contributed by atoms with van der Waals surface area (Å²) in [6, 6.07) is 4.04. The van der Waals surface area contributed by atoms with Crippen LogP contribution in [0.1, 0.15) is 37.3 Å². The highest BCUT2D eigenvalue weighted by Crippen LogP contribution is 2.23. The molecule has 3 heterocycles. The zero-order valence-electron chi connectivity index (χ0n) is 14.8. The van der Waals surface area contributed by atoms with Crippen LogP contribution < -0.4 is 9.80 Å². The predicted octanol–water partition coefficient (Wildman–Crippen LogP) is 0.836. The largest absolute Gasteiger partial charge is 0.388 e. The maximum atomic E-state index is 9.68. The summed E-state index contributed by atoms with van der Waals surface area (Å²) in [6.07, 6.45) is 1.00. The Kier molecular flexibility index (Phi) is 5.10. The van der Waals surface area contributed by atoms with Gasteiger partial charge in [0, 0.05) is 43.6 Å². The minimum Gasteiger partial charge on any atom is -0.388 e. The summed E-state index contributed by atoms with van der Waals surface area (Å²) in [4.78, 5) is 21.6. The molecule has 0 spiro atoms. The van der Waals surface area contributed by atoms with Crippen molar-refractivity contribution in [1.29, 1.82) is 0 Å². The Morgan fingerprint density at radius 1 is 1.24 bits per heavy atom. The van der Waals surface area contributed by atoms with Crippen molar-refractivity contribution in [1.82, 2.24) is 19.9 Å². The first-order chi connectivity index (χ1) is 12.0. The molecule has 2 aromatic rings. The van der Waals surface area contributed by atoms with E-state index in [0.29, 0.717) is 11.6 Å². The molecule has 1 aliphatic rings. The van der Waals surface area contributed by atoms with Crippen molar-refractivity contribution in [2.75, 3.05) is 29.4 Å². The molecule has 134 valence electrons. The number of aliphatic hydroxyl groups excluding tert-OH is 2. The van der Waals surface area contributed by atoms with E-state index in [1.807, 2.05) is 19.1 Å². The molecule has 0 amide bonds. The predicted molar refractivity (Wildman–Crippen MR) is 94.4 cm³/mol. The fourth-order valence-electron chi connectivity index (χ4n) is 3.08. The average Bonchev–Trinajstić information content (AvgIpc) is 2.61. The van der Waals surface area contributed by atoms with Gasteiger partial charge in [-0.1, -0.05) is 0 Å². The van der Waals surface area contributed by atoms with Gasteiger partial charge in [-0.3, -0.25) is 0 Å². The van der Waals surface area contributed by atoms with E-state index in [1.54, 1.807) is 13.1 Å². The van der Waals surface area contributed by atoms with Crippen LogP contribution in [-0.2, 0) is 6.61 Å². The van der Waals surface area contributed by atoms with Gasteiger partial charge in [0.25, 0.3) is 0 Å². The van der Waals surface area contributed by atoms with Crippen molar-refractivity contribution in [3.8, 4) is 0 Å². The van der Waals surface area contributed by atoms with E-state index in [4.69, 9.17) is 0 Å². The highest BCUT2D eigenvalue weighted by molar-refractivity contribution is 5.46. The van der Waals surface area contributed by atoms with Gasteiger partial charge in [-0.25, -0.2) is 19.9 Å². The van der Waals surface area contributed by atoms with Crippen LogP contribution in [0.2, 0.25) is 0 Å². The van der Waals surface area contributed by atoms with Crippen molar-refractivity contribution < 1.29 is 10.2 Å². The van der Waals surface area contributed by atoms with Gasteiger partial charge in [0.05, 0.1) is 0 Å². The molecule has 25 heavy (non-hydrogen) atoms. The molecule has 1 fully saturated rings. The van der Waals surface area contributed by atoms with E-state index in [9.17, 15) is 10.2 Å². The van der Waals surface area contributed by atoms with Crippen molar-refractivity contribution >= 4 is 11.6 Å². The standard InChI is InChI=1S/C17H24N6O2/c1-11-8-16(20-14(10-24)19-11)23-7-6-22(9-12(23)2)15-4-5-18-17(21-15)13(3)25/h4-5,8,12-13,24-25H,6-7,9-10H2,1-3H3. The topological polar surface area (TPSA) is 98.5 Å². The molecule has 1 saturated heterocycles. The Morgan fingerprint density at radius 2 is 2.04 bits per heavy atom. The van der Waals surface area contributed by atoms with E-state index in [1.165, 1.54) is 0 Å². The monoisotopic (exact) mass is 344 g/mol. The Labute approximate surface area is 147 Å². The van der Waals surface area contributed by atoms with E-state index in [0.717, 1.165) is 37.0 Å². The summed E-state index contributed by atoms with van der Waals surface area (Å²) < 4.78 is 0. The first-order valence-corrected chi connectivity index (χ1v) is 8.46. The maximum Gasteiger partial charge on any atom is 0.158 e. The highest BCUT2D eigenvalue weighted by atomic mass is 16.3. The summed E-state index contributed by atoms with van der Waals surface area (Å²) in [6.45, 7) is 7.91. The second kappa shape index (κ2) is 7.28. The second-order valence-electron chi connectivity index (χ2n) is 6.38. The Morgan fingerprint density at radius 3 is 2.72 bits per heavy atom. The summed E-state index contributed by atoms with van der Waals surface area (Å²) in [5.41, 5.74) is 0.848. The Bertz CT molecular complexity index is 739. The van der Waals surface area contributed by atoms with Gasteiger partial charge in [0.2, 0.25) is 0 Å². The number of aryl methyl sites for hydroxylation is 1. The summed E-state index contributed by atoms with van der Waals surface area (Å²) in [7, 11) is 0. The van der Waals surface area contributed by atoms with Gasteiger partial charge >= 0.3 is 0 Å². The maximum absolute atomic E-state index is 9.68. The highest BCUT2D eigenvalue weighted by Gasteiger charge is 2.26. The van der Waals surface area contributed by atoms with Crippen LogP contribution in [0.25, 0.3) is 0 Å². The van der Waals surface area contributed by atoms with Crippen LogP contribution >= 0.6 is 0 Å². The lowest BCUT2D eigenvalue weighted by Gasteiger charge is -2.41. The van der Waals surface area contributed by atoms with Crippen LogP contribution in [-0.4, -0.2) is 55.8 Å². The van der Waals surface area contributed by atoms with Crippen molar-refractivity contribution in [3.05, 3.63) is 35.7 Å². The van der Waals surface area contributed by atoms with Gasteiger partial charge in [-0.2, -0.15) is 0 Å². The number of aliphatic hydroxyl groups is 2. The third kappa shape index (κ3) is 3.85. The van der Waals surface area contributed by atoms with Crippen LogP contribution in [0.3, 0.4) is 0 Å². The summed E-state index contributed by atoms with van der Waals surface area (Å²) >= 11 is 0. The van der Waals surface area contributed by atoms with Gasteiger partial charge in [0.15, 0.2) is 11.6 Å². The quantitative estimate of drug-likeness (QED) is 0.842. The molecule has 8 nitrogen and oxygen atoms in total. The molecule has 1 aliphatic heterocycles. The number of hydrogen-bond acceptors (Lipinski definition) is 8. The molecule has 2 N–H and O–H groups in total. The lowest BCUT2D eigenvalue weighted by molar-refractivity contribution is 0.189. The van der Waals surface area contributed by atoms with Crippen molar-refractivity contribution in [2.24, 2.45) is 0 Å². The van der Waals surface area contributed by atoms with Crippen molar-refractivity contribution in [3.63, 3.8) is 0 Å². The van der Waals surface area contributed by atoms with Crippen LogP contribution in [0.5, 0.6) is 0 Å². The molecule has 0 radical (unpaired) electrons. The molecule has 2 atom stereocenters. The zero-order chi connectivity index (χ0) is 18.0. The smallest absolute Gasteiger partial charge is 0.158 e. The van der Waals surface area contributed by atoms with Crippen LogP contribution in [0.15, 0.2) is 18.3 Å². The molecule has 3 rings (SSSR count). The molecule has 8 heteroatoms. The number of aromatic nitrogens is 4. The van der Waals surface area contributed by atoms with E-state index in [-0.39, 0.29) is 12.6 Å². The number of anilines is 2. The number of hydrogen-bond donors (Lipinski definition) is 2. The SMILES string of the molecule is Cc1cc(N2CCN(c3ccnc(C(C)O)n3)CC2C)nc(CO)n1. The van der Waals surface area contributed by atoms with Gasteiger partial charge in [0.1, 0.15) is 24.3 Å². The lowest BCUT2D eigenvalue weighted by Crippen LogP contribution is -2.52. The molecular weight excluding hydrogens is 320 g/mol. The van der Waals surface area contributed by atoms with E-state index < -0.39 is 6.10 Å². The van der Waals surface area contributed by atoms with Gasteiger partial charge < -0.3 is 20.0 Å². The molecule has 2 aromatic heterocycles. The molecule has 0 saturated carbocycles. The first kappa shape index (κ1) is 17.5.